The normalized spacial score (nSPS) is 18.8. The highest BCUT2D eigenvalue weighted by Crippen LogP contribution is 2.38. The van der Waals surface area contributed by atoms with E-state index in [1.54, 1.807) is 36.4 Å². The molecule has 3 rings (SSSR count). The van der Waals surface area contributed by atoms with Crippen molar-refractivity contribution in [1.82, 2.24) is 0 Å². The Labute approximate surface area is 174 Å². The number of ketones is 2. The van der Waals surface area contributed by atoms with Crippen LogP contribution >= 0.6 is 34.8 Å². The van der Waals surface area contributed by atoms with Gasteiger partial charge in [-0.05, 0) is 54.8 Å². The van der Waals surface area contributed by atoms with E-state index in [4.69, 9.17) is 34.8 Å². The lowest BCUT2D eigenvalue weighted by molar-refractivity contribution is -0.123. The van der Waals surface area contributed by atoms with E-state index in [0.717, 1.165) is 31.2 Å². The first kappa shape index (κ1) is 20.4. The molecule has 1 aliphatic rings. The molecule has 2 nitrogen and oxygen atoms in total. The highest BCUT2D eigenvalue weighted by Gasteiger charge is 2.32. The first-order valence-electron chi connectivity index (χ1n) is 9.22. The molecular weight excluding hydrogens is 403 g/mol. The number of hydrogen-bond donors (Lipinski definition) is 0. The summed E-state index contributed by atoms with van der Waals surface area (Å²) in [6, 6.07) is 12.3. The SMILES string of the molecule is O=C(C[C@H](c1ccc(Cl)c(Cl)c1)[C@H]1CCCCCC1=O)c1ccc(Cl)cc1. The molecule has 0 aliphatic heterocycles. The molecule has 0 unspecified atom stereocenters. The van der Waals surface area contributed by atoms with Crippen molar-refractivity contribution in [2.75, 3.05) is 0 Å². The van der Waals surface area contributed by atoms with E-state index in [1.807, 2.05) is 6.07 Å². The fourth-order valence-corrected chi connectivity index (χ4v) is 4.23. The molecule has 1 aliphatic carbocycles. The van der Waals surface area contributed by atoms with Crippen molar-refractivity contribution in [3.8, 4) is 0 Å². The molecule has 0 amide bonds. The molecule has 0 heterocycles. The Morgan fingerprint density at radius 3 is 2.41 bits per heavy atom. The van der Waals surface area contributed by atoms with E-state index in [9.17, 15) is 9.59 Å². The van der Waals surface area contributed by atoms with Crippen molar-refractivity contribution in [3.05, 3.63) is 68.7 Å². The van der Waals surface area contributed by atoms with Gasteiger partial charge in [0.25, 0.3) is 0 Å². The van der Waals surface area contributed by atoms with Crippen LogP contribution in [0.1, 0.15) is 60.4 Å². The zero-order chi connectivity index (χ0) is 19.4. The minimum Gasteiger partial charge on any atom is -0.299 e. The van der Waals surface area contributed by atoms with Crippen LogP contribution in [-0.2, 0) is 4.79 Å². The molecule has 2 aromatic rings. The number of carbonyl (C=O) groups excluding carboxylic acids is 2. The molecule has 27 heavy (non-hydrogen) atoms. The van der Waals surface area contributed by atoms with Crippen LogP contribution in [0, 0.1) is 5.92 Å². The Hall–Kier alpha value is -1.35. The summed E-state index contributed by atoms with van der Waals surface area (Å²) in [6.45, 7) is 0. The average molecular weight is 424 g/mol. The zero-order valence-corrected chi connectivity index (χ0v) is 17.2. The van der Waals surface area contributed by atoms with Crippen molar-refractivity contribution in [2.45, 2.75) is 44.4 Å². The molecule has 0 N–H and O–H groups in total. The van der Waals surface area contributed by atoms with Crippen molar-refractivity contribution < 1.29 is 9.59 Å². The summed E-state index contributed by atoms with van der Waals surface area (Å²) in [5.74, 6) is -0.123. The summed E-state index contributed by atoms with van der Waals surface area (Å²) >= 11 is 18.2. The van der Waals surface area contributed by atoms with Gasteiger partial charge in [-0.2, -0.15) is 0 Å². The van der Waals surface area contributed by atoms with Crippen LogP contribution in [0.15, 0.2) is 42.5 Å². The molecule has 1 saturated carbocycles. The molecule has 5 heteroatoms. The summed E-state index contributed by atoms with van der Waals surface area (Å²) in [7, 11) is 0. The Morgan fingerprint density at radius 1 is 0.963 bits per heavy atom. The number of rotatable bonds is 5. The van der Waals surface area contributed by atoms with Crippen LogP contribution in [0.4, 0.5) is 0 Å². The van der Waals surface area contributed by atoms with E-state index >= 15 is 0 Å². The van der Waals surface area contributed by atoms with Gasteiger partial charge in [0.05, 0.1) is 10.0 Å². The van der Waals surface area contributed by atoms with Crippen LogP contribution in [0.5, 0.6) is 0 Å². The predicted octanol–water partition coefficient (Wildman–Crippen LogP) is 7.15. The topological polar surface area (TPSA) is 34.1 Å². The molecule has 0 aromatic heterocycles. The third-order valence-corrected chi connectivity index (χ3v) is 6.27. The van der Waals surface area contributed by atoms with Crippen LogP contribution in [0.25, 0.3) is 0 Å². The third kappa shape index (κ3) is 5.13. The monoisotopic (exact) mass is 422 g/mol. The van der Waals surface area contributed by atoms with Gasteiger partial charge in [0.1, 0.15) is 5.78 Å². The maximum absolute atomic E-state index is 12.9. The Bertz CT molecular complexity index is 830. The second kappa shape index (κ2) is 9.23. The third-order valence-electron chi connectivity index (χ3n) is 5.28. The van der Waals surface area contributed by atoms with Crippen LogP contribution in [0.3, 0.4) is 0 Å². The highest BCUT2D eigenvalue weighted by molar-refractivity contribution is 6.42. The van der Waals surface area contributed by atoms with Gasteiger partial charge in [0, 0.05) is 35.3 Å². The highest BCUT2D eigenvalue weighted by atomic mass is 35.5. The van der Waals surface area contributed by atoms with Gasteiger partial charge < -0.3 is 0 Å². The second-order valence-electron chi connectivity index (χ2n) is 7.09. The van der Waals surface area contributed by atoms with E-state index in [-0.39, 0.29) is 29.8 Å². The molecule has 1 fully saturated rings. The fraction of sp³-hybridized carbons (Fsp3) is 0.364. The van der Waals surface area contributed by atoms with Crippen molar-refractivity contribution in [3.63, 3.8) is 0 Å². The van der Waals surface area contributed by atoms with Crippen molar-refractivity contribution >= 4 is 46.4 Å². The first-order chi connectivity index (χ1) is 13.0. The zero-order valence-electron chi connectivity index (χ0n) is 14.9. The van der Waals surface area contributed by atoms with Crippen molar-refractivity contribution in [2.24, 2.45) is 5.92 Å². The Balaban J connectivity index is 1.93. The van der Waals surface area contributed by atoms with Crippen LogP contribution in [0.2, 0.25) is 15.1 Å². The Kier molecular flexibility index (Phi) is 6.97. The minimum atomic E-state index is -0.200. The fourth-order valence-electron chi connectivity index (χ4n) is 3.80. The first-order valence-corrected chi connectivity index (χ1v) is 10.4. The predicted molar refractivity (Wildman–Crippen MR) is 111 cm³/mol. The van der Waals surface area contributed by atoms with E-state index in [2.05, 4.69) is 0 Å². The summed E-state index contributed by atoms with van der Waals surface area (Å²) < 4.78 is 0. The van der Waals surface area contributed by atoms with Crippen molar-refractivity contribution in [1.29, 1.82) is 0 Å². The standard InChI is InChI=1S/C22H21Cl3O2/c23-16-9-6-14(7-10-16)22(27)13-18(15-8-11-19(24)20(25)12-15)17-4-2-1-3-5-21(17)26/h6-12,17-18H,1-5,13H2/t17-,18-/m1/s1. The summed E-state index contributed by atoms with van der Waals surface area (Å²) in [6.07, 6.45) is 4.63. The maximum atomic E-state index is 12.9. The maximum Gasteiger partial charge on any atom is 0.163 e. The van der Waals surface area contributed by atoms with Crippen LogP contribution < -0.4 is 0 Å². The lowest BCUT2D eigenvalue weighted by Gasteiger charge is -2.25. The molecule has 142 valence electrons. The number of halogens is 3. The summed E-state index contributed by atoms with van der Waals surface area (Å²) in [5.41, 5.74) is 1.50. The Morgan fingerprint density at radius 2 is 1.70 bits per heavy atom. The largest absolute Gasteiger partial charge is 0.299 e. The lowest BCUT2D eigenvalue weighted by Crippen LogP contribution is -2.24. The van der Waals surface area contributed by atoms with Gasteiger partial charge >= 0.3 is 0 Å². The van der Waals surface area contributed by atoms with Gasteiger partial charge in [0.15, 0.2) is 5.78 Å². The van der Waals surface area contributed by atoms with Gasteiger partial charge in [-0.1, -0.05) is 53.7 Å². The molecule has 0 spiro atoms. The number of carbonyl (C=O) groups is 2. The molecular formula is C22H21Cl3O2. The molecule has 2 aromatic carbocycles. The summed E-state index contributed by atoms with van der Waals surface area (Å²) in [4.78, 5) is 25.7. The number of Topliss-reactive ketones (excluding diaryl/α,β-unsaturated/α-hetero) is 2. The van der Waals surface area contributed by atoms with E-state index in [0.29, 0.717) is 27.1 Å². The van der Waals surface area contributed by atoms with Gasteiger partial charge in [-0.15, -0.1) is 0 Å². The van der Waals surface area contributed by atoms with Gasteiger partial charge in [-0.3, -0.25) is 9.59 Å². The van der Waals surface area contributed by atoms with Gasteiger partial charge in [-0.25, -0.2) is 0 Å². The molecule has 0 radical (unpaired) electrons. The number of benzene rings is 2. The van der Waals surface area contributed by atoms with E-state index < -0.39 is 0 Å². The smallest absolute Gasteiger partial charge is 0.163 e. The van der Waals surface area contributed by atoms with Crippen LogP contribution in [-0.4, -0.2) is 11.6 Å². The van der Waals surface area contributed by atoms with Gasteiger partial charge in [0.2, 0.25) is 0 Å². The molecule has 0 saturated heterocycles. The molecule has 2 atom stereocenters. The minimum absolute atomic E-state index is 0.000198. The number of hydrogen-bond acceptors (Lipinski definition) is 2. The quantitative estimate of drug-likeness (QED) is 0.378. The average Bonchev–Trinajstić information content (AvgIpc) is 2.87. The summed E-state index contributed by atoms with van der Waals surface area (Å²) in [5, 5.41) is 1.50. The van der Waals surface area contributed by atoms with E-state index in [1.165, 1.54) is 0 Å². The molecule has 0 bridgehead atoms. The second-order valence-corrected chi connectivity index (χ2v) is 8.34. The lowest BCUT2D eigenvalue weighted by atomic mass is 9.77.